The summed E-state index contributed by atoms with van der Waals surface area (Å²) >= 11 is 0. The molecule has 0 atom stereocenters. The van der Waals surface area contributed by atoms with Crippen molar-refractivity contribution in [2.45, 2.75) is 13.8 Å². The molecule has 0 amide bonds. The Morgan fingerprint density at radius 3 is 0.750 bits per heavy atom. The molecule has 0 fully saturated rings. The third-order valence-corrected chi connectivity index (χ3v) is 2.93. The van der Waals surface area contributed by atoms with Crippen molar-refractivity contribution in [2.24, 2.45) is 0 Å². The predicted molar refractivity (Wildman–Crippen MR) is 98.2 cm³/mol. The molecule has 0 spiro atoms. The van der Waals surface area contributed by atoms with Crippen molar-refractivity contribution >= 4 is 11.9 Å². The van der Waals surface area contributed by atoms with E-state index in [1.165, 1.54) is 13.8 Å². The third kappa shape index (κ3) is 24.7. The van der Waals surface area contributed by atoms with Crippen molar-refractivity contribution in [1.82, 2.24) is 0 Å². The summed E-state index contributed by atoms with van der Waals surface area (Å²) in [5.74, 6) is -0.625. The van der Waals surface area contributed by atoms with Crippen LogP contribution in [0.25, 0.3) is 0 Å². The van der Waals surface area contributed by atoms with Gasteiger partial charge in [-0.25, -0.2) is 0 Å². The van der Waals surface area contributed by atoms with Crippen molar-refractivity contribution in [3.63, 3.8) is 0 Å². The first kappa shape index (κ1) is 26.7. The Morgan fingerprint density at radius 1 is 0.393 bits per heavy atom. The molecule has 0 saturated carbocycles. The molecule has 28 heavy (non-hydrogen) atoms. The maximum atomic E-state index is 10.5. The topological polar surface area (TPSA) is 108 Å². The Kier molecular flexibility index (Phi) is 21.0. The highest BCUT2D eigenvalue weighted by atomic mass is 16.6. The Labute approximate surface area is 166 Å². The summed E-state index contributed by atoms with van der Waals surface area (Å²) in [5.41, 5.74) is 0. The molecule has 0 aliphatic heterocycles. The molecule has 0 saturated heterocycles. The van der Waals surface area contributed by atoms with Gasteiger partial charge in [0.2, 0.25) is 0 Å². The molecule has 0 rings (SSSR count). The first-order chi connectivity index (χ1) is 13.6. The minimum absolute atomic E-state index is 0.259. The fourth-order valence-electron chi connectivity index (χ4n) is 1.69. The van der Waals surface area contributed by atoms with Gasteiger partial charge in [0.25, 0.3) is 0 Å². The molecule has 0 N–H and O–H groups in total. The number of hydrogen-bond donors (Lipinski definition) is 0. The van der Waals surface area contributed by atoms with Gasteiger partial charge in [-0.3, -0.25) is 9.59 Å². The molecule has 0 aromatic carbocycles. The largest absolute Gasteiger partial charge is 0.463 e. The molecule has 0 aromatic heterocycles. The maximum Gasteiger partial charge on any atom is 0.302 e. The average molecular weight is 410 g/mol. The van der Waals surface area contributed by atoms with Crippen molar-refractivity contribution in [1.29, 1.82) is 0 Å². The molecule has 0 aliphatic rings. The molecule has 10 heteroatoms. The van der Waals surface area contributed by atoms with Crippen molar-refractivity contribution < 1.29 is 47.5 Å². The van der Waals surface area contributed by atoms with Gasteiger partial charge in [0.05, 0.1) is 79.3 Å². The van der Waals surface area contributed by atoms with Crippen LogP contribution in [0, 0.1) is 0 Å². The number of esters is 2. The number of hydrogen-bond acceptors (Lipinski definition) is 10. The minimum Gasteiger partial charge on any atom is -0.463 e. The average Bonchev–Trinajstić information content (AvgIpc) is 2.65. The highest BCUT2D eigenvalue weighted by Gasteiger charge is 1.96. The summed E-state index contributed by atoms with van der Waals surface area (Å²) in [6, 6.07) is 0. The smallest absolute Gasteiger partial charge is 0.302 e. The van der Waals surface area contributed by atoms with Gasteiger partial charge in [0.15, 0.2) is 0 Å². The van der Waals surface area contributed by atoms with Gasteiger partial charge < -0.3 is 37.9 Å². The van der Waals surface area contributed by atoms with Crippen molar-refractivity contribution in [3.8, 4) is 0 Å². The van der Waals surface area contributed by atoms with Crippen LogP contribution < -0.4 is 0 Å². The Bertz CT molecular complexity index is 330. The summed E-state index contributed by atoms with van der Waals surface area (Å²) < 4.78 is 41.2. The lowest BCUT2D eigenvalue weighted by molar-refractivity contribution is -0.143. The molecule has 0 unspecified atom stereocenters. The number of rotatable bonds is 21. The fraction of sp³-hybridized carbons (Fsp3) is 0.889. The van der Waals surface area contributed by atoms with E-state index in [2.05, 4.69) is 0 Å². The molecule has 0 aliphatic carbocycles. The normalized spacial score (nSPS) is 10.8. The second-order valence-corrected chi connectivity index (χ2v) is 5.35. The van der Waals surface area contributed by atoms with E-state index in [4.69, 9.17) is 37.9 Å². The van der Waals surface area contributed by atoms with E-state index in [0.29, 0.717) is 79.3 Å². The molecule has 0 radical (unpaired) electrons. The van der Waals surface area contributed by atoms with E-state index in [0.717, 1.165) is 0 Å². The van der Waals surface area contributed by atoms with E-state index in [-0.39, 0.29) is 25.2 Å². The van der Waals surface area contributed by atoms with Gasteiger partial charge in [-0.05, 0) is 0 Å². The highest BCUT2D eigenvalue weighted by molar-refractivity contribution is 5.66. The van der Waals surface area contributed by atoms with Gasteiger partial charge in [-0.2, -0.15) is 0 Å². The fourth-order valence-corrected chi connectivity index (χ4v) is 1.69. The van der Waals surface area contributed by atoms with E-state index in [9.17, 15) is 9.59 Å². The third-order valence-electron chi connectivity index (χ3n) is 2.93. The minimum atomic E-state index is -0.312. The molecule has 0 heterocycles. The van der Waals surface area contributed by atoms with Crippen LogP contribution in [0.5, 0.6) is 0 Å². The lowest BCUT2D eigenvalue weighted by Gasteiger charge is -2.08. The van der Waals surface area contributed by atoms with Crippen LogP contribution >= 0.6 is 0 Å². The summed E-state index contributed by atoms with van der Waals surface area (Å²) in [4.78, 5) is 21.0. The summed E-state index contributed by atoms with van der Waals surface area (Å²) in [5, 5.41) is 0. The Morgan fingerprint density at radius 2 is 0.571 bits per heavy atom. The highest BCUT2D eigenvalue weighted by Crippen LogP contribution is 1.85. The lowest BCUT2D eigenvalue weighted by Crippen LogP contribution is -2.15. The van der Waals surface area contributed by atoms with Crippen LogP contribution in [-0.2, 0) is 47.5 Å². The van der Waals surface area contributed by atoms with Crippen LogP contribution in [0.3, 0.4) is 0 Å². The van der Waals surface area contributed by atoms with Crippen molar-refractivity contribution in [3.05, 3.63) is 0 Å². The number of ether oxygens (including phenoxy) is 8. The van der Waals surface area contributed by atoms with Gasteiger partial charge in [-0.1, -0.05) is 0 Å². The quantitative estimate of drug-likeness (QED) is 0.192. The molecular weight excluding hydrogens is 376 g/mol. The van der Waals surface area contributed by atoms with Crippen LogP contribution in [0.4, 0.5) is 0 Å². The number of carbonyl (C=O) groups is 2. The van der Waals surface area contributed by atoms with Crippen LogP contribution in [0.1, 0.15) is 13.8 Å². The van der Waals surface area contributed by atoms with Crippen LogP contribution in [0.2, 0.25) is 0 Å². The first-order valence-electron chi connectivity index (χ1n) is 9.36. The van der Waals surface area contributed by atoms with Crippen LogP contribution in [0.15, 0.2) is 0 Å². The van der Waals surface area contributed by atoms with Crippen LogP contribution in [-0.4, -0.2) is 104 Å². The van der Waals surface area contributed by atoms with Gasteiger partial charge in [0, 0.05) is 13.8 Å². The second-order valence-electron chi connectivity index (χ2n) is 5.35. The zero-order chi connectivity index (χ0) is 20.7. The maximum absolute atomic E-state index is 10.5. The Hall–Kier alpha value is -1.30. The molecule has 166 valence electrons. The van der Waals surface area contributed by atoms with E-state index >= 15 is 0 Å². The SMILES string of the molecule is CC(=O)OCCOCCOCCOCCOCCOCCOCCOC(C)=O. The molecular formula is C18H34O10. The molecule has 0 bridgehead atoms. The van der Waals surface area contributed by atoms with Gasteiger partial charge in [-0.15, -0.1) is 0 Å². The standard InChI is InChI=1S/C18H34O10/c1-17(19)27-15-13-25-11-9-23-7-5-21-3-4-22-6-8-24-10-12-26-14-16-28-18(2)20/h3-16H2,1-2H3. The monoisotopic (exact) mass is 410 g/mol. The van der Waals surface area contributed by atoms with E-state index in [1.54, 1.807) is 0 Å². The first-order valence-corrected chi connectivity index (χ1v) is 9.36. The zero-order valence-electron chi connectivity index (χ0n) is 17.0. The predicted octanol–water partition coefficient (Wildman–Crippen LogP) is 0.212. The zero-order valence-corrected chi connectivity index (χ0v) is 17.0. The van der Waals surface area contributed by atoms with E-state index in [1.807, 2.05) is 0 Å². The van der Waals surface area contributed by atoms with Crippen molar-refractivity contribution in [2.75, 3.05) is 92.5 Å². The van der Waals surface area contributed by atoms with Gasteiger partial charge >= 0.3 is 11.9 Å². The van der Waals surface area contributed by atoms with E-state index < -0.39 is 0 Å². The summed E-state index contributed by atoms with van der Waals surface area (Å²) in [6.07, 6.45) is 0. The number of carbonyl (C=O) groups excluding carboxylic acids is 2. The summed E-state index contributed by atoms with van der Waals surface area (Å²) in [6.45, 7) is 8.69. The summed E-state index contributed by atoms with van der Waals surface area (Å²) in [7, 11) is 0. The molecule has 0 aromatic rings. The Balaban J connectivity index is 3.01. The lowest BCUT2D eigenvalue weighted by atomic mass is 10.6. The molecule has 10 nitrogen and oxygen atoms in total. The second kappa shape index (κ2) is 22.0. The van der Waals surface area contributed by atoms with Gasteiger partial charge in [0.1, 0.15) is 13.2 Å².